The molecule has 1 fully saturated rings. The lowest BCUT2D eigenvalue weighted by atomic mass is 9.47. The number of aliphatic hydroxyl groups is 5. The zero-order valence-electron chi connectivity index (χ0n) is 8.45. The Bertz CT molecular complexity index is 627. The third-order valence-electron chi connectivity index (χ3n) is 4.80. The van der Waals surface area contributed by atoms with Crippen LogP contribution >= 0.6 is 0 Å². The molecule has 7 nitrogen and oxygen atoms in total. The number of hydrogen-bond donors (Lipinski definition) is 5. The van der Waals surface area contributed by atoms with Gasteiger partial charge in [-0.05, 0) is 0 Å². The Labute approximate surface area is 94.1 Å². The van der Waals surface area contributed by atoms with Gasteiger partial charge in [-0.3, -0.25) is 0 Å². The minimum atomic E-state index is -2.27. The molecule has 5 atom stereocenters. The Kier molecular flexibility index (Phi) is 0.935. The van der Waals surface area contributed by atoms with Crippen LogP contribution in [-0.4, -0.2) is 48.6 Å². The van der Waals surface area contributed by atoms with Gasteiger partial charge >= 0.3 is 0 Å². The highest BCUT2D eigenvalue weighted by Crippen LogP contribution is 2.84. The van der Waals surface area contributed by atoms with E-state index in [1.807, 2.05) is 0 Å². The largest absolute Gasteiger partial charge is 0.391 e. The van der Waals surface area contributed by atoms with Gasteiger partial charge < -0.3 is 34.8 Å². The topological polar surface area (TPSA) is 115 Å². The Morgan fingerprint density at radius 1 is 1.35 bits per heavy atom. The molecule has 5 N–H and O–H groups in total. The Morgan fingerprint density at radius 3 is 2.65 bits per heavy atom. The van der Waals surface area contributed by atoms with Crippen LogP contribution in [0.5, 0.6) is 0 Å². The van der Waals surface area contributed by atoms with Crippen molar-refractivity contribution in [1.82, 2.24) is 4.57 Å². The second-order valence-corrected chi connectivity index (χ2v) is 5.26. The van der Waals surface area contributed by atoms with Crippen LogP contribution in [0.25, 0.3) is 0 Å². The Balaban J connectivity index is 1.85. The minimum absolute atomic E-state index is 0.402. The molecule has 0 bridgehead atoms. The summed E-state index contributed by atoms with van der Waals surface area (Å²) in [6.45, 7) is -0.863. The van der Waals surface area contributed by atoms with Gasteiger partial charge in [0.15, 0.2) is 11.2 Å². The van der Waals surface area contributed by atoms with Crippen molar-refractivity contribution in [1.29, 1.82) is 0 Å². The summed E-state index contributed by atoms with van der Waals surface area (Å²) in [4.78, 5) is 0. The summed E-state index contributed by atoms with van der Waals surface area (Å²) in [6, 6.07) is 0. The van der Waals surface area contributed by atoms with Gasteiger partial charge in [0.2, 0.25) is 11.5 Å². The van der Waals surface area contributed by atoms with Crippen LogP contribution in [0.4, 0.5) is 0 Å². The van der Waals surface area contributed by atoms with Gasteiger partial charge in [0.25, 0.3) is 0 Å². The summed E-state index contributed by atoms with van der Waals surface area (Å²) in [7, 11) is 0. The second kappa shape index (κ2) is 1.76. The number of hydrogen-bond acceptors (Lipinski definition) is 6. The zero-order chi connectivity index (χ0) is 12.0. The number of aromatic nitrogens is 1. The third kappa shape index (κ3) is 0.442. The first-order valence-corrected chi connectivity index (χ1v) is 5.33. The van der Waals surface area contributed by atoms with E-state index < -0.39 is 35.4 Å². The number of nitrogens with zero attached hydrogens (tertiary/aromatic N) is 1. The van der Waals surface area contributed by atoms with Gasteiger partial charge in [0.05, 0.1) is 12.3 Å². The van der Waals surface area contributed by atoms with Crippen molar-refractivity contribution in [2.45, 2.75) is 28.8 Å². The normalized spacial score (nSPS) is 59.2. The molecule has 0 saturated carbocycles. The molecule has 1 aromatic rings. The van der Waals surface area contributed by atoms with Crippen molar-refractivity contribution in [2.75, 3.05) is 6.61 Å². The van der Waals surface area contributed by atoms with Crippen LogP contribution in [0.3, 0.4) is 0 Å². The molecule has 2 aliphatic heterocycles. The van der Waals surface area contributed by atoms with Crippen LogP contribution in [0.15, 0.2) is 6.20 Å². The highest BCUT2D eigenvalue weighted by molar-refractivity contribution is 5.76. The number of aliphatic hydroxyl groups excluding tert-OH is 2. The molecule has 7 heteroatoms. The van der Waals surface area contributed by atoms with Crippen LogP contribution < -0.4 is 0 Å². The molecule has 3 heterocycles. The average molecular weight is 239 g/mol. The first-order valence-electron chi connectivity index (χ1n) is 5.33. The third-order valence-corrected chi connectivity index (χ3v) is 4.80. The number of fused-ring (bicyclic) bond motifs is 1. The summed E-state index contributed by atoms with van der Waals surface area (Å²) in [5, 5.41) is 50.0. The highest BCUT2D eigenvalue weighted by atomic mass is 16.7. The molecule has 0 radical (unpaired) electrons. The van der Waals surface area contributed by atoms with Crippen molar-refractivity contribution in [2.24, 2.45) is 0 Å². The second-order valence-electron chi connectivity index (χ2n) is 5.26. The molecule has 1 spiro atoms. The molecule has 1 aromatic heterocycles. The number of ether oxygens (including phenoxy) is 1. The van der Waals surface area contributed by atoms with Crippen LogP contribution in [0, 0.1) is 0 Å². The van der Waals surface area contributed by atoms with Gasteiger partial charge in [-0.25, -0.2) is 0 Å². The van der Waals surface area contributed by atoms with Gasteiger partial charge in [-0.2, -0.15) is 0 Å². The molecular formula is C10H9NO6. The standard InChI is InChI=1S/C10H9NO6/c12-2-7(14)6(13)8(15)3-1-11-5-4(3)9(8,16)10(5,11)17-7/h1,6,12-16H,2H2/t6-,7-,8+,9+,10?,11?/m1/s1. The summed E-state index contributed by atoms with van der Waals surface area (Å²) >= 11 is 0. The lowest BCUT2D eigenvalue weighted by Crippen LogP contribution is -2.84. The van der Waals surface area contributed by atoms with Crippen molar-refractivity contribution < 1.29 is 30.3 Å². The van der Waals surface area contributed by atoms with Crippen molar-refractivity contribution in [3.05, 3.63) is 23.0 Å². The zero-order valence-corrected chi connectivity index (χ0v) is 8.45. The Hall–Kier alpha value is -0.960. The Morgan fingerprint density at radius 2 is 2.06 bits per heavy atom. The fraction of sp³-hybridized carbons (Fsp3) is 0.600. The first-order chi connectivity index (χ1) is 7.89. The molecule has 0 aromatic carbocycles. The predicted octanol–water partition coefficient (Wildman–Crippen LogP) is -3.02. The van der Waals surface area contributed by atoms with Crippen molar-refractivity contribution >= 4 is 0 Å². The van der Waals surface area contributed by atoms with E-state index in [1.54, 1.807) is 10.8 Å². The van der Waals surface area contributed by atoms with E-state index in [1.165, 1.54) is 0 Å². The smallest absolute Gasteiger partial charge is 0.226 e. The van der Waals surface area contributed by atoms with Crippen molar-refractivity contribution in [3.8, 4) is 0 Å². The van der Waals surface area contributed by atoms with Crippen LogP contribution in [-0.2, 0) is 21.7 Å². The fourth-order valence-corrected chi connectivity index (χ4v) is 3.98. The van der Waals surface area contributed by atoms with E-state index in [9.17, 15) is 20.4 Å². The molecule has 0 amide bonds. The SMILES string of the molecule is OC[C@@]1(O)OC23c4c5c(cn42)[C@](O)([C@@H]1O)[C@@]53O. The summed E-state index contributed by atoms with van der Waals surface area (Å²) in [6.07, 6.45) is -0.196. The summed E-state index contributed by atoms with van der Waals surface area (Å²) in [5.74, 6) is -2.27. The van der Waals surface area contributed by atoms with Gasteiger partial charge in [-0.15, -0.1) is 0 Å². The molecule has 1 saturated heterocycles. The highest BCUT2D eigenvalue weighted by Gasteiger charge is 2.97. The summed E-state index contributed by atoms with van der Waals surface area (Å²) < 4.78 is 6.89. The molecule has 2 aliphatic carbocycles. The van der Waals surface area contributed by atoms with E-state index in [4.69, 9.17) is 9.84 Å². The van der Waals surface area contributed by atoms with Gasteiger partial charge in [-0.1, -0.05) is 0 Å². The lowest BCUT2D eigenvalue weighted by Gasteiger charge is -2.68. The minimum Gasteiger partial charge on any atom is -0.391 e. The van der Waals surface area contributed by atoms with Gasteiger partial charge in [0.1, 0.15) is 6.10 Å². The van der Waals surface area contributed by atoms with E-state index >= 15 is 0 Å². The van der Waals surface area contributed by atoms with E-state index in [0.717, 1.165) is 0 Å². The van der Waals surface area contributed by atoms with E-state index in [2.05, 4.69) is 0 Å². The molecule has 1 unspecified atom stereocenters. The first kappa shape index (κ1) is 9.03. The fourth-order valence-electron chi connectivity index (χ4n) is 3.98. The van der Waals surface area contributed by atoms with Crippen LogP contribution in [0.1, 0.15) is 16.8 Å². The molecule has 5 rings (SSSR count). The lowest BCUT2D eigenvalue weighted by molar-refractivity contribution is -0.465. The quantitative estimate of drug-likeness (QED) is 0.356. The molecule has 4 aliphatic rings. The molecular weight excluding hydrogens is 230 g/mol. The average Bonchev–Trinajstić information content (AvgIpc) is 2.71. The molecule has 90 valence electrons. The molecule has 17 heavy (non-hydrogen) atoms. The maximum absolute atomic E-state index is 10.4. The van der Waals surface area contributed by atoms with Gasteiger partial charge in [0, 0.05) is 17.3 Å². The number of rotatable bonds is 1. The predicted molar refractivity (Wildman–Crippen MR) is 48.4 cm³/mol. The summed E-state index contributed by atoms with van der Waals surface area (Å²) in [5.41, 5.74) is -3.23. The maximum Gasteiger partial charge on any atom is 0.226 e. The van der Waals surface area contributed by atoms with E-state index in [0.29, 0.717) is 16.8 Å². The van der Waals surface area contributed by atoms with E-state index in [-0.39, 0.29) is 0 Å². The van der Waals surface area contributed by atoms with Crippen LogP contribution in [0.2, 0.25) is 0 Å². The van der Waals surface area contributed by atoms with Crippen molar-refractivity contribution in [3.63, 3.8) is 0 Å². The maximum atomic E-state index is 10.4. The monoisotopic (exact) mass is 239 g/mol.